The third-order valence-corrected chi connectivity index (χ3v) is 4.15. The van der Waals surface area contributed by atoms with Crippen molar-refractivity contribution < 1.29 is 4.79 Å². The van der Waals surface area contributed by atoms with Crippen molar-refractivity contribution >= 4 is 28.6 Å². The van der Waals surface area contributed by atoms with Gasteiger partial charge in [-0.15, -0.1) is 11.3 Å². The fourth-order valence-electron chi connectivity index (χ4n) is 2.00. The number of carbonyl (C=O) groups is 1. The van der Waals surface area contributed by atoms with Crippen molar-refractivity contribution in [3.8, 4) is 0 Å². The van der Waals surface area contributed by atoms with Crippen molar-refractivity contribution in [2.24, 2.45) is 0 Å². The Morgan fingerprint density at radius 3 is 2.74 bits per heavy atom. The number of anilines is 2. The molecule has 19 heavy (non-hydrogen) atoms. The number of hydrogen-bond acceptors (Lipinski definition) is 3. The second-order valence-electron chi connectivity index (χ2n) is 4.61. The van der Waals surface area contributed by atoms with Crippen molar-refractivity contribution in [3.05, 3.63) is 45.1 Å². The Bertz CT molecular complexity index is 617. The lowest BCUT2D eigenvalue weighted by atomic mass is 10.1. The van der Waals surface area contributed by atoms with Crippen LogP contribution in [-0.2, 0) is 6.42 Å². The molecule has 2 aromatic rings. The molecular weight excluding hydrogens is 256 g/mol. The van der Waals surface area contributed by atoms with Gasteiger partial charge >= 0.3 is 0 Å². The number of amides is 1. The lowest BCUT2D eigenvalue weighted by Gasteiger charge is -2.11. The van der Waals surface area contributed by atoms with E-state index >= 15 is 0 Å². The summed E-state index contributed by atoms with van der Waals surface area (Å²) in [6, 6.07) is 5.80. The fraction of sp³-hybridized carbons (Fsp3) is 0.267. The number of aryl methyl sites for hydroxylation is 3. The average Bonchev–Trinajstić information content (AvgIpc) is 2.84. The minimum atomic E-state index is -0.0572. The van der Waals surface area contributed by atoms with E-state index < -0.39 is 0 Å². The van der Waals surface area contributed by atoms with Crippen molar-refractivity contribution in [1.29, 1.82) is 0 Å². The zero-order valence-corrected chi connectivity index (χ0v) is 12.2. The molecule has 0 fully saturated rings. The van der Waals surface area contributed by atoms with Crippen LogP contribution in [0.4, 0.5) is 11.4 Å². The zero-order chi connectivity index (χ0) is 14.0. The van der Waals surface area contributed by atoms with Gasteiger partial charge in [0.15, 0.2) is 0 Å². The van der Waals surface area contributed by atoms with Crippen LogP contribution in [0.25, 0.3) is 0 Å². The lowest BCUT2D eigenvalue weighted by molar-refractivity contribution is 0.102. The molecule has 100 valence electrons. The average molecular weight is 274 g/mol. The van der Waals surface area contributed by atoms with Crippen molar-refractivity contribution in [2.75, 3.05) is 11.1 Å². The van der Waals surface area contributed by atoms with Gasteiger partial charge in [-0.2, -0.15) is 0 Å². The van der Waals surface area contributed by atoms with Gasteiger partial charge in [-0.1, -0.05) is 13.0 Å². The maximum absolute atomic E-state index is 12.3. The molecule has 0 aliphatic rings. The van der Waals surface area contributed by atoms with E-state index in [1.807, 2.05) is 44.4 Å². The molecule has 3 N–H and O–H groups in total. The van der Waals surface area contributed by atoms with Crippen molar-refractivity contribution in [2.45, 2.75) is 27.2 Å². The van der Waals surface area contributed by atoms with E-state index in [4.69, 9.17) is 5.73 Å². The molecule has 4 heteroatoms. The first-order valence-corrected chi connectivity index (χ1v) is 7.15. The van der Waals surface area contributed by atoms with Crippen LogP contribution in [-0.4, -0.2) is 5.91 Å². The predicted molar refractivity (Wildman–Crippen MR) is 82.0 cm³/mol. The Hall–Kier alpha value is -1.81. The van der Waals surface area contributed by atoms with Gasteiger partial charge < -0.3 is 11.1 Å². The standard InChI is InChI=1S/C15H18N2OS/c1-4-11-5-6-19-14(11)15(18)17-13-8-12(16)9(2)7-10(13)3/h5-8H,4,16H2,1-3H3,(H,17,18). The quantitative estimate of drug-likeness (QED) is 0.837. The molecule has 0 atom stereocenters. The minimum absolute atomic E-state index is 0.0572. The number of nitrogens with one attached hydrogen (secondary N) is 1. The highest BCUT2D eigenvalue weighted by Gasteiger charge is 2.13. The summed E-state index contributed by atoms with van der Waals surface area (Å²) in [4.78, 5) is 13.0. The molecular formula is C15H18N2OS. The second kappa shape index (κ2) is 5.45. The molecule has 3 nitrogen and oxygen atoms in total. The maximum Gasteiger partial charge on any atom is 0.266 e. The summed E-state index contributed by atoms with van der Waals surface area (Å²) >= 11 is 1.47. The fourth-order valence-corrected chi connectivity index (χ4v) is 2.89. The highest BCUT2D eigenvalue weighted by Crippen LogP contribution is 2.24. The summed E-state index contributed by atoms with van der Waals surface area (Å²) in [6.07, 6.45) is 0.862. The van der Waals surface area contributed by atoms with E-state index in [0.29, 0.717) is 5.69 Å². The van der Waals surface area contributed by atoms with Gasteiger partial charge in [0.25, 0.3) is 5.91 Å². The number of rotatable bonds is 3. The molecule has 1 aromatic heterocycles. The van der Waals surface area contributed by atoms with E-state index in [0.717, 1.165) is 33.7 Å². The summed E-state index contributed by atoms with van der Waals surface area (Å²) in [5, 5.41) is 4.90. The number of hydrogen-bond donors (Lipinski definition) is 2. The minimum Gasteiger partial charge on any atom is -0.398 e. The molecule has 0 radical (unpaired) electrons. The number of nitrogen functional groups attached to an aromatic ring is 1. The molecule has 0 spiro atoms. The van der Waals surface area contributed by atoms with E-state index in [1.165, 1.54) is 11.3 Å². The molecule has 2 rings (SSSR count). The molecule has 0 saturated carbocycles. The smallest absolute Gasteiger partial charge is 0.266 e. The maximum atomic E-state index is 12.3. The lowest BCUT2D eigenvalue weighted by Crippen LogP contribution is -2.13. The van der Waals surface area contributed by atoms with E-state index in [2.05, 4.69) is 5.32 Å². The highest BCUT2D eigenvalue weighted by atomic mass is 32.1. The Balaban J connectivity index is 2.27. The van der Waals surface area contributed by atoms with E-state index in [1.54, 1.807) is 0 Å². The van der Waals surface area contributed by atoms with Crippen LogP contribution < -0.4 is 11.1 Å². The van der Waals surface area contributed by atoms with Gasteiger partial charge in [0.1, 0.15) is 0 Å². The Morgan fingerprint density at radius 2 is 2.05 bits per heavy atom. The summed E-state index contributed by atoms with van der Waals surface area (Å²) in [5.41, 5.74) is 10.5. The number of thiophene rings is 1. The number of benzene rings is 1. The van der Waals surface area contributed by atoms with Gasteiger partial charge in [0.05, 0.1) is 4.88 Å². The van der Waals surface area contributed by atoms with E-state index in [-0.39, 0.29) is 5.91 Å². The third kappa shape index (κ3) is 2.79. The van der Waals surface area contributed by atoms with Gasteiger partial charge in [0, 0.05) is 11.4 Å². The molecule has 0 aliphatic heterocycles. The summed E-state index contributed by atoms with van der Waals surface area (Å²) < 4.78 is 0. The molecule has 0 unspecified atom stereocenters. The van der Waals surface area contributed by atoms with Crippen molar-refractivity contribution in [3.63, 3.8) is 0 Å². The van der Waals surface area contributed by atoms with Gasteiger partial charge in [-0.25, -0.2) is 0 Å². The van der Waals surface area contributed by atoms with Crippen molar-refractivity contribution in [1.82, 2.24) is 0 Å². The first kappa shape index (κ1) is 13.6. The van der Waals surface area contributed by atoms with Crippen LogP contribution in [0.3, 0.4) is 0 Å². The van der Waals surface area contributed by atoms with Crippen LogP contribution >= 0.6 is 11.3 Å². The van der Waals surface area contributed by atoms with Gasteiger partial charge in [0.2, 0.25) is 0 Å². The topological polar surface area (TPSA) is 55.1 Å². The molecule has 1 heterocycles. The Labute approximate surface area is 117 Å². The Morgan fingerprint density at radius 1 is 1.32 bits per heavy atom. The van der Waals surface area contributed by atoms with Crippen LogP contribution in [0.15, 0.2) is 23.6 Å². The first-order chi connectivity index (χ1) is 9.02. The molecule has 1 aromatic carbocycles. The third-order valence-electron chi connectivity index (χ3n) is 3.20. The normalized spacial score (nSPS) is 10.5. The number of nitrogens with two attached hydrogens (primary N) is 1. The Kier molecular flexibility index (Phi) is 3.90. The second-order valence-corrected chi connectivity index (χ2v) is 5.52. The van der Waals surface area contributed by atoms with Gasteiger partial charge in [-0.05, 0) is 54.5 Å². The summed E-state index contributed by atoms with van der Waals surface area (Å²) in [7, 11) is 0. The summed E-state index contributed by atoms with van der Waals surface area (Å²) in [5.74, 6) is -0.0572. The van der Waals surface area contributed by atoms with E-state index in [9.17, 15) is 4.79 Å². The highest BCUT2D eigenvalue weighted by molar-refractivity contribution is 7.12. The van der Waals surface area contributed by atoms with Gasteiger partial charge in [-0.3, -0.25) is 4.79 Å². The van der Waals surface area contributed by atoms with Crippen LogP contribution in [0.2, 0.25) is 0 Å². The molecule has 0 saturated heterocycles. The largest absolute Gasteiger partial charge is 0.398 e. The molecule has 1 amide bonds. The molecule has 0 bridgehead atoms. The van der Waals surface area contributed by atoms with Crippen LogP contribution in [0.1, 0.15) is 33.3 Å². The van der Waals surface area contributed by atoms with Crippen LogP contribution in [0, 0.1) is 13.8 Å². The summed E-state index contributed by atoms with van der Waals surface area (Å²) in [6.45, 7) is 5.98. The SMILES string of the molecule is CCc1ccsc1C(=O)Nc1cc(N)c(C)cc1C. The monoisotopic (exact) mass is 274 g/mol. The molecule has 0 aliphatic carbocycles. The first-order valence-electron chi connectivity index (χ1n) is 6.27. The zero-order valence-electron chi connectivity index (χ0n) is 11.4. The van der Waals surface area contributed by atoms with Crippen LogP contribution in [0.5, 0.6) is 0 Å². The number of carbonyl (C=O) groups excluding carboxylic acids is 1. The predicted octanol–water partition coefficient (Wildman–Crippen LogP) is 3.76.